The average Bonchev–Trinajstić information content (AvgIpc) is 2.80. The van der Waals surface area contributed by atoms with E-state index in [9.17, 15) is 4.39 Å². The Labute approximate surface area is 124 Å². The van der Waals surface area contributed by atoms with Gasteiger partial charge in [0.15, 0.2) is 0 Å². The Bertz CT molecular complexity index is 425. The van der Waals surface area contributed by atoms with Gasteiger partial charge in [-0.25, -0.2) is 4.39 Å². The highest BCUT2D eigenvalue weighted by molar-refractivity contribution is 9.10. The summed E-state index contributed by atoms with van der Waals surface area (Å²) in [5, 5.41) is 3.55. The topological polar surface area (TPSA) is 12.0 Å². The van der Waals surface area contributed by atoms with E-state index in [0.29, 0.717) is 6.04 Å². The van der Waals surface area contributed by atoms with Crippen LogP contribution in [-0.4, -0.2) is 12.6 Å². The zero-order chi connectivity index (χ0) is 13.9. The van der Waals surface area contributed by atoms with Crippen LogP contribution in [0.2, 0.25) is 0 Å². The van der Waals surface area contributed by atoms with E-state index in [1.54, 1.807) is 6.07 Å². The van der Waals surface area contributed by atoms with Crippen LogP contribution in [0.3, 0.4) is 0 Å². The fourth-order valence-corrected chi connectivity index (χ4v) is 3.36. The summed E-state index contributed by atoms with van der Waals surface area (Å²) in [6.07, 6.45) is 5.83. The van der Waals surface area contributed by atoms with Crippen molar-refractivity contribution in [1.82, 2.24) is 5.32 Å². The summed E-state index contributed by atoms with van der Waals surface area (Å²) in [5.74, 6) is -0.0785. The van der Waals surface area contributed by atoms with Crippen LogP contribution >= 0.6 is 15.9 Å². The molecule has 0 spiro atoms. The number of hydrogen-bond acceptors (Lipinski definition) is 1. The van der Waals surface area contributed by atoms with Crippen molar-refractivity contribution in [3.05, 3.63) is 34.1 Å². The van der Waals surface area contributed by atoms with Gasteiger partial charge in [0.25, 0.3) is 0 Å². The molecule has 0 saturated heterocycles. The minimum Gasteiger partial charge on any atom is -0.314 e. The van der Waals surface area contributed by atoms with Crippen LogP contribution in [0, 0.1) is 11.2 Å². The molecule has 0 bridgehead atoms. The molecule has 0 radical (unpaired) electrons. The van der Waals surface area contributed by atoms with Gasteiger partial charge in [-0.2, -0.15) is 0 Å². The van der Waals surface area contributed by atoms with Crippen LogP contribution in [0.1, 0.15) is 45.1 Å². The van der Waals surface area contributed by atoms with E-state index in [-0.39, 0.29) is 11.2 Å². The van der Waals surface area contributed by atoms with Crippen LogP contribution < -0.4 is 5.32 Å². The molecule has 0 aromatic heterocycles. The Morgan fingerprint density at radius 1 is 1.32 bits per heavy atom. The molecule has 0 aliphatic heterocycles. The lowest BCUT2D eigenvalue weighted by molar-refractivity contribution is 0.266. The summed E-state index contributed by atoms with van der Waals surface area (Å²) >= 11 is 3.32. The predicted octanol–water partition coefficient (Wildman–Crippen LogP) is 4.69. The van der Waals surface area contributed by atoms with Gasteiger partial charge in [0.1, 0.15) is 5.82 Å². The SMILES string of the molecule is CC(C)NCC1(Cc2ccc(Br)cc2F)CCCC1. The second kappa shape index (κ2) is 6.36. The van der Waals surface area contributed by atoms with E-state index in [1.807, 2.05) is 12.1 Å². The zero-order valence-electron chi connectivity index (χ0n) is 11.8. The average molecular weight is 328 g/mol. The molecule has 1 N–H and O–H groups in total. The Balaban J connectivity index is 2.11. The van der Waals surface area contributed by atoms with Crippen molar-refractivity contribution < 1.29 is 4.39 Å². The van der Waals surface area contributed by atoms with E-state index in [4.69, 9.17) is 0 Å². The molecule has 0 atom stereocenters. The van der Waals surface area contributed by atoms with Gasteiger partial charge in [-0.05, 0) is 42.4 Å². The fraction of sp³-hybridized carbons (Fsp3) is 0.625. The minimum atomic E-state index is -0.0785. The quantitative estimate of drug-likeness (QED) is 0.827. The Hall–Kier alpha value is -0.410. The lowest BCUT2D eigenvalue weighted by Crippen LogP contribution is -2.37. The molecule has 1 nitrogen and oxygen atoms in total. The molecule has 2 rings (SSSR count). The van der Waals surface area contributed by atoms with Gasteiger partial charge in [-0.1, -0.05) is 48.7 Å². The van der Waals surface area contributed by atoms with Crippen LogP contribution in [0.4, 0.5) is 4.39 Å². The van der Waals surface area contributed by atoms with Crippen molar-refractivity contribution in [1.29, 1.82) is 0 Å². The van der Waals surface area contributed by atoms with Gasteiger partial charge in [0, 0.05) is 17.1 Å². The predicted molar refractivity (Wildman–Crippen MR) is 81.8 cm³/mol. The smallest absolute Gasteiger partial charge is 0.127 e. The molecule has 1 fully saturated rings. The second-order valence-corrected chi connectivity index (χ2v) is 7.07. The molecule has 0 unspecified atom stereocenters. The van der Waals surface area contributed by atoms with E-state index >= 15 is 0 Å². The van der Waals surface area contributed by atoms with Gasteiger partial charge >= 0.3 is 0 Å². The summed E-state index contributed by atoms with van der Waals surface area (Å²) < 4.78 is 14.8. The van der Waals surface area contributed by atoms with Crippen LogP contribution in [0.5, 0.6) is 0 Å². The highest BCUT2D eigenvalue weighted by Gasteiger charge is 2.34. The fourth-order valence-electron chi connectivity index (χ4n) is 3.03. The van der Waals surface area contributed by atoms with Crippen molar-refractivity contribution in [2.45, 2.75) is 52.0 Å². The summed E-state index contributed by atoms with van der Waals surface area (Å²) in [5.41, 5.74) is 1.11. The molecule has 106 valence electrons. The first-order valence-corrected chi connectivity index (χ1v) is 7.97. The Morgan fingerprint density at radius 3 is 2.58 bits per heavy atom. The maximum absolute atomic E-state index is 14.0. The molecular formula is C16H23BrFN. The number of halogens is 2. The molecule has 1 saturated carbocycles. The number of hydrogen-bond donors (Lipinski definition) is 1. The molecule has 19 heavy (non-hydrogen) atoms. The first kappa shape index (κ1) is 15.0. The summed E-state index contributed by atoms with van der Waals surface area (Å²) in [7, 11) is 0. The number of benzene rings is 1. The first-order valence-electron chi connectivity index (χ1n) is 7.18. The molecule has 1 aliphatic carbocycles. The van der Waals surface area contributed by atoms with E-state index < -0.39 is 0 Å². The largest absolute Gasteiger partial charge is 0.314 e. The maximum Gasteiger partial charge on any atom is 0.127 e. The lowest BCUT2D eigenvalue weighted by Gasteiger charge is -2.31. The standard InChI is InChI=1S/C16H23BrFN/c1-12(2)19-11-16(7-3-4-8-16)10-13-5-6-14(17)9-15(13)18/h5-6,9,12,19H,3-4,7-8,10-11H2,1-2H3. The third-order valence-electron chi connectivity index (χ3n) is 4.13. The highest BCUT2D eigenvalue weighted by Crippen LogP contribution is 2.41. The molecule has 3 heteroatoms. The molecular weight excluding hydrogens is 305 g/mol. The first-order chi connectivity index (χ1) is 9.01. The second-order valence-electron chi connectivity index (χ2n) is 6.16. The van der Waals surface area contributed by atoms with Crippen LogP contribution in [0.15, 0.2) is 22.7 Å². The van der Waals surface area contributed by atoms with E-state index in [0.717, 1.165) is 23.0 Å². The molecule has 0 amide bonds. The van der Waals surface area contributed by atoms with Crippen molar-refractivity contribution >= 4 is 15.9 Å². The van der Waals surface area contributed by atoms with Gasteiger partial charge in [0.2, 0.25) is 0 Å². The number of nitrogens with one attached hydrogen (secondary N) is 1. The summed E-state index contributed by atoms with van der Waals surface area (Å²) in [6.45, 7) is 5.34. The van der Waals surface area contributed by atoms with Gasteiger partial charge in [0.05, 0.1) is 0 Å². The molecule has 1 aliphatic rings. The van der Waals surface area contributed by atoms with Gasteiger partial charge in [-0.3, -0.25) is 0 Å². The van der Waals surface area contributed by atoms with Crippen molar-refractivity contribution in [2.75, 3.05) is 6.54 Å². The molecule has 1 aromatic carbocycles. The number of rotatable bonds is 5. The third-order valence-corrected chi connectivity index (χ3v) is 4.62. The highest BCUT2D eigenvalue weighted by atomic mass is 79.9. The summed E-state index contributed by atoms with van der Waals surface area (Å²) in [6, 6.07) is 5.94. The van der Waals surface area contributed by atoms with E-state index in [1.165, 1.54) is 25.7 Å². The normalized spacial score (nSPS) is 18.2. The third kappa shape index (κ3) is 4.03. The van der Waals surface area contributed by atoms with Crippen molar-refractivity contribution in [2.24, 2.45) is 5.41 Å². The Morgan fingerprint density at radius 2 is 2.00 bits per heavy atom. The van der Waals surface area contributed by atoms with Crippen molar-refractivity contribution in [3.8, 4) is 0 Å². The Kier molecular flexibility index (Phi) is 5.02. The van der Waals surface area contributed by atoms with Gasteiger partial charge in [-0.15, -0.1) is 0 Å². The monoisotopic (exact) mass is 327 g/mol. The maximum atomic E-state index is 14.0. The molecule has 0 heterocycles. The van der Waals surface area contributed by atoms with Crippen molar-refractivity contribution in [3.63, 3.8) is 0 Å². The van der Waals surface area contributed by atoms with Crippen LogP contribution in [0.25, 0.3) is 0 Å². The van der Waals surface area contributed by atoms with E-state index in [2.05, 4.69) is 35.1 Å². The summed E-state index contributed by atoms with van der Waals surface area (Å²) in [4.78, 5) is 0. The molecule has 1 aromatic rings. The van der Waals surface area contributed by atoms with Gasteiger partial charge < -0.3 is 5.32 Å². The minimum absolute atomic E-state index is 0.0785. The van der Waals surface area contributed by atoms with Crippen LogP contribution in [-0.2, 0) is 6.42 Å². The lowest BCUT2D eigenvalue weighted by atomic mass is 9.79. The zero-order valence-corrected chi connectivity index (χ0v) is 13.4.